The molecule has 0 spiro atoms. The minimum atomic E-state index is 0.0460. The summed E-state index contributed by atoms with van der Waals surface area (Å²) in [7, 11) is 0. The van der Waals surface area contributed by atoms with Crippen molar-refractivity contribution >= 4 is 5.84 Å². The van der Waals surface area contributed by atoms with E-state index in [9.17, 15) is 0 Å². The molecule has 0 atom stereocenters. The van der Waals surface area contributed by atoms with Crippen LogP contribution in [-0.2, 0) is 0 Å². The molecule has 0 aromatic carbocycles. The van der Waals surface area contributed by atoms with Gasteiger partial charge in [-0.3, -0.25) is 4.57 Å². The third kappa shape index (κ3) is 2.17. The van der Waals surface area contributed by atoms with Crippen LogP contribution in [0.15, 0.2) is 35.9 Å². The van der Waals surface area contributed by atoms with E-state index in [1.807, 2.05) is 12.1 Å². The molecule has 3 N–H and O–H groups in total. The Morgan fingerprint density at radius 3 is 2.89 bits per heavy atom. The van der Waals surface area contributed by atoms with Gasteiger partial charge in [-0.2, -0.15) is 0 Å². The first kappa shape index (κ1) is 12.1. The topological polar surface area (TPSA) is 89.3 Å². The van der Waals surface area contributed by atoms with Gasteiger partial charge in [0.2, 0.25) is 0 Å². The van der Waals surface area contributed by atoms with Crippen molar-refractivity contribution in [3.8, 4) is 5.82 Å². The maximum Gasteiger partial charge on any atom is 0.187 e. The molecule has 0 amide bonds. The lowest BCUT2D eigenvalue weighted by atomic mass is 10.1. The minimum absolute atomic E-state index is 0.0460. The number of hydrogen-bond donors (Lipinski definition) is 2. The summed E-state index contributed by atoms with van der Waals surface area (Å²) >= 11 is 0. The van der Waals surface area contributed by atoms with Crippen molar-refractivity contribution in [1.29, 1.82) is 0 Å². The molecule has 2 rings (SSSR count). The molecular weight excluding hydrogens is 230 g/mol. The van der Waals surface area contributed by atoms with E-state index in [4.69, 9.17) is 10.9 Å². The molecule has 2 aromatic heterocycles. The van der Waals surface area contributed by atoms with E-state index in [-0.39, 0.29) is 5.84 Å². The minimum Gasteiger partial charge on any atom is -0.409 e. The number of oxime groups is 1. The lowest BCUT2D eigenvalue weighted by Crippen LogP contribution is -2.18. The Labute approximate surface area is 105 Å². The predicted octanol–water partition coefficient (Wildman–Crippen LogP) is 1.49. The Hall–Kier alpha value is -2.37. The van der Waals surface area contributed by atoms with Crippen molar-refractivity contribution in [3.63, 3.8) is 0 Å². The fourth-order valence-corrected chi connectivity index (χ4v) is 1.65. The van der Waals surface area contributed by atoms with Crippen molar-refractivity contribution in [1.82, 2.24) is 14.5 Å². The van der Waals surface area contributed by atoms with Crippen molar-refractivity contribution in [2.75, 3.05) is 0 Å². The highest BCUT2D eigenvalue weighted by atomic mass is 16.4. The number of aromatic nitrogens is 3. The van der Waals surface area contributed by atoms with E-state index < -0.39 is 0 Å². The first-order chi connectivity index (χ1) is 8.63. The van der Waals surface area contributed by atoms with Gasteiger partial charge in [0.05, 0.1) is 5.69 Å². The smallest absolute Gasteiger partial charge is 0.187 e. The summed E-state index contributed by atoms with van der Waals surface area (Å²) in [6.45, 7) is 4.12. The number of rotatable bonds is 3. The summed E-state index contributed by atoms with van der Waals surface area (Å²) in [6.07, 6.45) is 3.32. The standard InChI is InChI=1S/C12H15N5O/c1-8(2)9-6-11(15-7-14-9)17-5-3-4-10(17)12(13)16-18/h3-8,18H,1-2H3,(H2,13,16). The second-order valence-electron chi connectivity index (χ2n) is 4.20. The average molecular weight is 245 g/mol. The van der Waals surface area contributed by atoms with Crippen LogP contribution in [0, 0.1) is 0 Å². The molecule has 94 valence electrons. The number of nitrogens with two attached hydrogens (primary N) is 1. The maximum atomic E-state index is 8.74. The summed E-state index contributed by atoms with van der Waals surface area (Å²) < 4.78 is 1.75. The molecule has 6 nitrogen and oxygen atoms in total. The van der Waals surface area contributed by atoms with Crippen molar-refractivity contribution in [2.45, 2.75) is 19.8 Å². The van der Waals surface area contributed by atoms with Crippen LogP contribution >= 0.6 is 0 Å². The first-order valence-corrected chi connectivity index (χ1v) is 5.61. The Balaban J connectivity index is 2.49. The molecule has 0 aliphatic rings. The Kier molecular flexibility index (Phi) is 3.27. The van der Waals surface area contributed by atoms with E-state index >= 15 is 0 Å². The molecule has 0 unspecified atom stereocenters. The van der Waals surface area contributed by atoms with E-state index in [0.29, 0.717) is 17.4 Å². The fraction of sp³-hybridized carbons (Fsp3) is 0.250. The summed E-state index contributed by atoms with van der Waals surface area (Å²) in [6, 6.07) is 5.45. The van der Waals surface area contributed by atoms with Gasteiger partial charge in [0.1, 0.15) is 12.1 Å². The van der Waals surface area contributed by atoms with Crippen LogP contribution in [0.1, 0.15) is 31.2 Å². The van der Waals surface area contributed by atoms with Crippen LogP contribution in [0.4, 0.5) is 0 Å². The molecule has 0 aliphatic heterocycles. The maximum absolute atomic E-state index is 8.74. The highest BCUT2D eigenvalue weighted by Gasteiger charge is 2.10. The van der Waals surface area contributed by atoms with Gasteiger partial charge in [-0.05, 0) is 18.1 Å². The van der Waals surface area contributed by atoms with Crippen LogP contribution in [0.2, 0.25) is 0 Å². The number of amidine groups is 1. The van der Waals surface area contributed by atoms with Crippen molar-refractivity contribution in [2.24, 2.45) is 10.9 Å². The van der Waals surface area contributed by atoms with Gasteiger partial charge in [0.15, 0.2) is 5.84 Å². The van der Waals surface area contributed by atoms with Gasteiger partial charge < -0.3 is 10.9 Å². The second kappa shape index (κ2) is 4.87. The molecule has 0 saturated carbocycles. The largest absolute Gasteiger partial charge is 0.409 e. The van der Waals surface area contributed by atoms with Crippen LogP contribution < -0.4 is 5.73 Å². The third-order valence-electron chi connectivity index (χ3n) is 2.63. The molecule has 0 saturated heterocycles. The van der Waals surface area contributed by atoms with Crippen molar-refractivity contribution in [3.05, 3.63) is 42.1 Å². The summed E-state index contributed by atoms with van der Waals surface area (Å²) in [5, 5.41) is 11.7. The normalized spacial score (nSPS) is 12.1. The Morgan fingerprint density at radius 2 is 2.22 bits per heavy atom. The van der Waals surface area contributed by atoms with Crippen LogP contribution in [0.25, 0.3) is 5.82 Å². The van der Waals surface area contributed by atoms with Crippen molar-refractivity contribution < 1.29 is 5.21 Å². The average Bonchev–Trinajstić information content (AvgIpc) is 2.87. The monoisotopic (exact) mass is 245 g/mol. The molecular formula is C12H15N5O. The number of hydrogen-bond acceptors (Lipinski definition) is 4. The Morgan fingerprint density at radius 1 is 1.44 bits per heavy atom. The zero-order chi connectivity index (χ0) is 13.1. The van der Waals surface area contributed by atoms with Gasteiger partial charge in [-0.1, -0.05) is 19.0 Å². The van der Waals surface area contributed by atoms with Gasteiger partial charge >= 0.3 is 0 Å². The highest BCUT2D eigenvalue weighted by molar-refractivity contribution is 5.96. The zero-order valence-electron chi connectivity index (χ0n) is 10.3. The SMILES string of the molecule is CC(C)c1cc(-n2cccc2/C(N)=N/O)ncn1. The molecule has 0 aliphatic carbocycles. The van der Waals surface area contributed by atoms with E-state index in [2.05, 4.69) is 29.0 Å². The molecule has 18 heavy (non-hydrogen) atoms. The lowest BCUT2D eigenvalue weighted by molar-refractivity contribution is 0.318. The molecule has 6 heteroatoms. The molecule has 2 aromatic rings. The van der Waals surface area contributed by atoms with Gasteiger partial charge in [0.25, 0.3) is 0 Å². The molecule has 0 fully saturated rings. The summed E-state index contributed by atoms with van der Waals surface area (Å²) in [5.74, 6) is 1.06. The lowest BCUT2D eigenvalue weighted by Gasteiger charge is -2.09. The van der Waals surface area contributed by atoms with Crippen LogP contribution in [0.5, 0.6) is 0 Å². The van der Waals surface area contributed by atoms with Crippen LogP contribution in [0.3, 0.4) is 0 Å². The zero-order valence-corrected chi connectivity index (χ0v) is 10.3. The van der Waals surface area contributed by atoms with E-state index in [0.717, 1.165) is 5.69 Å². The summed E-state index contributed by atoms with van der Waals surface area (Å²) in [5.41, 5.74) is 7.14. The predicted molar refractivity (Wildman–Crippen MR) is 68.0 cm³/mol. The van der Waals surface area contributed by atoms with E-state index in [1.54, 1.807) is 16.8 Å². The molecule has 0 bridgehead atoms. The third-order valence-corrected chi connectivity index (χ3v) is 2.63. The Bertz CT molecular complexity index is 573. The van der Waals surface area contributed by atoms with Crippen LogP contribution in [-0.4, -0.2) is 25.6 Å². The van der Waals surface area contributed by atoms with Gasteiger partial charge in [0, 0.05) is 18.0 Å². The summed E-state index contributed by atoms with van der Waals surface area (Å²) in [4.78, 5) is 8.41. The first-order valence-electron chi connectivity index (χ1n) is 5.61. The number of nitrogens with zero attached hydrogens (tertiary/aromatic N) is 4. The fourth-order valence-electron chi connectivity index (χ4n) is 1.65. The van der Waals surface area contributed by atoms with Gasteiger partial charge in [-0.25, -0.2) is 9.97 Å². The van der Waals surface area contributed by atoms with E-state index in [1.165, 1.54) is 6.33 Å². The van der Waals surface area contributed by atoms with Gasteiger partial charge in [-0.15, -0.1) is 0 Å². The second-order valence-corrected chi connectivity index (χ2v) is 4.20. The quantitative estimate of drug-likeness (QED) is 0.371. The molecule has 2 heterocycles. The molecule has 0 radical (unpaired) electrons. The highest BCUT2D eigenvalue weighted by Crippen LogP contribution is 2.15.